The molecule has 13 heteroatoms. The van der Waals surface area contributed by atoms with Crippen molar-refractivity contribution in [1.82, 2.24) is 19.7 Å². The zero-order valence-corrected chi connectivity index (χ0v) is 19.8. The van der Waals surface area contributed by atoms with Crippen molar-refractivity contribution in [1.29, 1.82) is 0 Å². The van der Waals surface area contributed by atoms with Crippen LogP contribution in [0.15, 0.2) is 47.3 Å². The molecule has 0 spiro atoms. The summed E-state index contributed by atoms with van der Waals surface area (Å²) in [7, 11) is 0. The summed E-state index contributed by atoms with van der Waals surface area (Å²) in [4.78, 5) is 25.4. The van der Waals surface area contributed by atoms with Gasteiger partial charge >= 0.3 is 11.9 Å². The minimum absolute atomic E-state index is 0.163. The van der Waals surface area contributed by atoms with Crippen LogP contribution in [0.4, 0.5) is 13.2 Å². The third-order valence-corrected chi connectivity index (χ3v) is 5.96. The van der Waals surface area contributed by atoms with E-state index >= 15 is 0 Å². The highest BCUT2D eigenvalue weighted by molar-refractivity contribution is 6.42. The van der Waals surface area contributed by atoms with E-state index in [1.807, 2.05) is 0 Å². The molecule has 2 atom stereocenters. The molecule has 3 rings (SSSR count). The van der Waals surface area contributed by atoms with E-state index in [1.165, 1.54) is 24.3 Å². The first-order chi connectivity index (χ1) is 15.9. The van der Waals surface area contributed by atoms with Gasteiger partial charge in [-0.05, 0) is 42.8 Å². The molecule has 3 aromatic rings. The van der Waals surface area contributed by atoms with Crippen LogP contribution in [0.5, 0.6) is 0 Å². The Bertz CT molecular complexity index is 1240. The minimum Gasteiger partial charge on any atom is -0.382 e. The van der Waals surface area contributed by atoms with Crippen LogP contribution in [0, 0.1) is 0 Å². The molecule has 0 radical (unpaired) electrons. The number of hydrogen-bond donors (Lipinski definition) is 2. The molecule has 182 valence electrons. The van der Waals surface area contributed by atoms with Gasteiger partial charge in [0.25, 0.3) is 0 Å². The van der Waals surface area contributed by atoms with Crippen molar-refractivity contribution in [3.8, 4) is 11.4 Å². The molecule has 0 aliphatic carbocycles. The van der Waals surface area contributed by atoms with E-state index in [0.717, 1.165) is 0 Å². The number of amides is 1. The predicted octanol–water partition coefficient (Wildman–Crippen LogP) is 4.47. The second-order valence-electron chi connectivity index (χ2n) is 7.37. The Morgan fingerprint density at radius 3 is 2.41 bits per heavy atom. The Morgan fingerprint density at radius 2 is 1.79 bits per heavy atom. The van der Waals surface area contributed by atoms with E-state index < -0.39 is 43.0 Å². The number of carbonyl (C=O) groups excluding carboxylic acids is 1. The number of nitrogens with one attached hydrogen (secondary N) is 1. The largest absolute Gasteiger partial charge is 0.416 e. The van der Waals surface area contributed by atoms with Gasteiger partial charge in [0.05, 0.1) is 22.6 Å². The van der Waals surface area contributed by atoms with Crippen LogP contribution in [-0.2, 0) is 17.9 Å². The first-order valence-corrected chi connectivity index (χ1v) is 10.9. The summed E-state index contributed by atoms with van der Waals surface area (Å²) in [5.41, 5.74) is -0.193. The van der Waals surface area contributed by atoms with E-state index in [2.05, 4.69) is 10.4 Å². The molecule has 0 saturated carbocycles. The van der Waals surface area contributed by atoms with E-state index in [1.54, 1.807) is 25.1 Å². The fourth-order valence-electron chi connectivity index (χ4n) is 3.15. The summed E-state index contributed by atoms with van der Waals surface area (Å²) in [5, 5.41) is 17.1. The van der Waals surface area contributed by atoms with Crippen LogP contribution in [0.1, 0.15) is 18.5 Å². The topological polar surface area (TPSA) is 89.2 Å². The Morgan fingerprint density at radius 1 is 1.15 bits per heavy atom. The van der Waals surface area contributed by atoms with Gasteiger partial charge in [0.15, 0.2) is 11.9 Å². The number of rotatable bonds is 7. The highest BCUT2D eigenvalue weighted by Gasteiger charge is 2.39. The lowest BCUT2D eigenvalue weighted by Crippen LogP contribution is -2.38. The summed E-state index contributed by atoms with van der Waals surface area (Å²) in [5.74, 6) is -0.807. The zero-order chi connectivity index (χ0) is 25.2. The van der Waals surface area contributed by atoms with Crippen molar-refractivity contribution >= 4 is 40.7 Å². The van der Waals surface area contributed by atoms with Crippen molar-refractivity contribution < 1.29 is 23.1 Å². The number of nitrogens with zero attached hydrogens (tertiary/aromatic N) is 3. The molecule has 0 aliphatic heterocycles. The van der Waals surface area contributed by atoms with Gasteiger partial charge in [-0.15, -0.1) is 5.10 Å². The highest BCUT2D eigenvalue weighted by Crippen LogP contribution is 2.29. The Balaban J connectivity index is 1.89. The standard InChI is InChI=1S/C21H18Cl3F3N4O3/c1-11(14-3-2-4-15(23)18(14)24)28-17(33)10-31-20(34)30(9-16(32)21(25,26)27)19(29-31)12-5-7-13(22)8-6-12/h2-8,11,16,32H,9-10H2,1H3,(H,28,33)/t11?,16-/m0/s1. The molecule has 7 nitrogen and oxygen atoms in total. The second kappa shape index (κ2) is 10.4. The van der Waals surface area contributed by atoms with Gasteiger partial charge in [-0.1, -0.05) is 46.9 Å². The van der Waals surface area contributed by atoms with Crippen LogP contribution in [0.25, 0.3) is 11.4 Å². The van der Waals surface area contributed by atoms with Gasteiger partial charge in [-0.2, -0.15) is 13.2 Å². The minimum atomic E-state index is -4.96. The maximum absolute atomic E-state index is 12.9. The molecule has 34 heavy (non-hydrogen) atoms. The number of aromatic nitrogens is 3. The molecule has 2 aromatic carbocycles. The lowest BCUT2D eigenvalue weighted by molar-refractivity contribution is -0.207. The fourth-order valence-corrected chi connectivity index (χ4v) is 3.75. The first kappa shape index (κ1) is 26.1. The molecule has 1 amide bonds. The number of aliphatic hydroxyl groups is 1. The number of aliphatic hydroxyl groups excluding tert-OH is 1. The molecule has 1 unspecified atom stereocenters. The number of carbonyl (C=O) groups is 1. The zero-order valence-electron chi connectivity index (χ0n) is 17.5. The van der Waals surface area contributed by atoms with Crippen LogP contribution in [-0.4, -0.2) is 37.6 Å². The van der Waals surface area contributed by atoms with Gasteiger partial charge in [0, 0.05) is 10.6 Å². The van der Waals surface area contributed by atoms with Crippen LogP contribution < -0.4 is 11.0 Å². The molecule has 0 saturated heterocycles. The van der Waals surface area contributed by atoms with Crippen LogP contribution in [0.2, 0.25) is 15.1 Å². The quantitative estimate of drug-likeness (QED) is 0.465. The van der Waals surface area contributed by atoms with E-state index in [0.29, 0.717) is 24.9 Å². The van der Waals surface area contributed by atoms with Crippen molar-refractivity contribution in [2.24, 2.45) is 0 Å². The number of hydrogen-bond acceptors (Lipinski definition) is 4. The molecular weight excluding hydrogens is 520 g/mol. The van der Waals surface area contributed by atoms with Gasteiger partial charge < -0.3 is 10.4 Å². The smallest absolute Gasteiger partial charge is 0.382 e. The SMILES string of the molecule is CC(NC(=O)Cn1nc(-c2ccc(Cl)cc2)n(C[C@H](O)C(F)(F)F)c1=O)c1cccc(Cl)c1Cl. The third kappa shape index (κ3) is 5.93. The average Bonchev–Trinajstić information content (AvgIpc) is 3.05. The van der Waals surface area contributed by atoms with Gasteiger partial charge in [-0.25, -0.2) is 9.48 Å². The van der Waals surface area contributed by atoms with Crippen LogP contribution in [0.3, 0.4) is 0 Å². The Labute approximate surface area is 206 Å². The maximum atomic E-state index is 12.9. The maximum Gasteiger partial charge on any atom is 0.416 e. The second-order valence-corrected chi connectivity index (χ2v) is 8.59. The fraction of sp³-hybridized carbons (Fsp3) is 0.286. The van der Waals surface area contributed by atoms with Gasteiger partial charge in [0.2, 0.25) is 5.91 Å². The van der Waals surface area contributed by atoms with Gasteiger partial charge in [-0.3, -0.25) is 9.36 Å². The van der Waals surface area contributed by atoms with E-state index in [9.17, 15) is 27.9 Å². The van der Waals surface area contributed by atoms with Crippen molar-refractivity contribution in [2.75, 3.05) is 0 Å². The monoisotopic (exact) mass is 536 g/mol. The summed E-state index contributed by atoms with van der Waals surface area (Å²) in [6.45, 7) is -0.0385. The number of alkyl halides is 3. The molecule has 0 bridgehead atoms. The van der Waals surface area contributed by atoms with E-state index in [-0.39, 0.29) is 16.4 Å². The molecular formula is C21H18Cl3F3N4O3. The lowest BCUT2D eigenvalue weighted by atomic mass is 10.1. The molecule has 2 N–H and O–H groups in total. The molecule has 1 heterocycles. The Hall–Kier alpha value is -2.53. The van der Waals surface area contributed by atoms with Gasteiger partial charge in [0.1, 0.15) is 6.54 Å². The van der Waals surface area contributed by atoms with Crippen molar-refractivity contribution in [2.45, 2.75) is 38.3 Å². The molecule has 1 aromatic heterocycles. The Kier molecular flexibility index (Phi) is 7.97. The average molecular weight is 538 g/mol. The first-order valence-electron chi connectivity index (χ1n) is 9.80. The third-order valence-electron chi connectivity index (χ3n) is 4.88. The number of benzene rings is 2. The lowest BCUT2D eigenvalue weighted by Gasteiger charge is -2.16. The summed E-state index contributed by atoms with van der Waals surface area (Å²) < 4.78 is 40.2. The molecule has 0 aliphatic rings. The summed E-state index contributed by atoms with van der Waals surface area (Å²) >= 11 is 18.0. The van der Waals surface area contributed by atoms with Crippen LogP contribution >= 0.6 is 34.8 Å². The van der Waals surface area contributed by atoms with Crippen molar-refractivity contribution in [3.63, 3.8) is 0 Å². The highest BCUT2D eigenvalue weighted by atomic mass is 35.5. The predicted molar refractivity (Wildman–Crippen MR) is 122 cm³/mol. The molecule has 0 fully saturated rings. The summed E-state index contributed by atoms with van der Waals surface area (Å²) in [6, 6.07) is 10.2. The number of halogens is 6. The van der Waals surface area contributed by atoms with E-state index in [4.69, 9.17) is 34.8 Å². The van der Waals surface area contributed by atoms with Crippen molar-refractivity contribution in [3.05, 3.63) is 73.6 Å². The normalized spacial score (nSPS) is 13.5. The summed E-state index contributed by atoms with van der Waals surface area (Å²) in [6.07, 6.45) is -7.77.